The molecule has 26 heavy (non-hydrogen) atoms. The second-order valence-corrected chi connectivity index (χ2v) is 7.26. The van der Waals surface area contributed by atoms with E-state index in [1.165, 1.54) is 22.3 Å². The molecule has 0 saturated heterocycles. The fourth-order valence-electron chi connectivity index (χ4n) is 3.04. The van der Waals surface area contributed by atoms with Crippen molar-refractivity contribution in [3.63, 3.8) is 0 Å². The summed E-state index contributed by atoms with van der Waals surface area (Å²) in [6, 6.07) is 12.6. The summed E-state index contributed by atoms with van der Waals surface area (Å²) in [6.07, 6.45) is 2.90. The molecule has 0 aliphatic heterocycles. The molecule has 0 radical (unpaired) electrons. The SMILES string of the molecule is CC(=N\c1c(C)cccc1C)/C(CCCCCl)=N/c1c(C)cccc1C. The minimum Gasteiger partial charge on any atom is -0.251 e. The maximum absolute atomic E-state index is 5.88. The van der Waals surface area contributed by atoms with Crippen LogP contribution in [0, 0.1) is 27.7 Å². The molecule has 0 aliphatic rings. The van der Waals surface area contributed by atoms with Crippen LogP contribution in [-0.2, 0) is 0 Å². The highest BCUT2D eigenvalue weighted by molar-refractivity contribution is 6.42. The van der Waals surface area contributed by atoms with Crippen molar-refractivity contribution in [2.75, 3.05) is 5.88 Å². The predicted molar refractivity (Wildman–Crippen MR) is 116 cm³/mol. The van der Waals surface area contributed by atoms with Crippen molar-refractivity contribution in [3.8, 4) is 0 Å². The lowest BCUT2D eigenvalue weighted by Gasteiger charge is -2.11. The summed E-state index contributed by atoms with van der Waals surface area (Å²) in [4.78, 5) is 9.97. The van der Waals surface area contributed by atoms with Gasteiger partial charge in [0.05, 0.1) is 22.8 Å². The smallest absolute Gasteiger partial charge is 0.0692 e. The molecule has 0 amide bonds. The molecule has 0 fully saturated rings. The van der Waals surface area contributed by atoms with Gasteiger partial charge in [-0.15, -0.1) is 11.6 Å². The molecule has 0 spiro atoms. The Morgan fingerprint density at radius 1 is 0.769 bits per heavy atom. The highest BCUT2D eigenvalue weighted by Crippen LogP contribution is 2.26. The first-order valence-electron chi connectivity index (χ1n) is 9.25. The van der Waals surface area contributed by atoms with Crippen LogP contribution in [0.1, 0.15) is 48.4 Å². The fraction of sp³-hybridized carbons (Fsp3) is 0.391. The maximum atomic E-state index is 5.88. The molecular weight excluding hydrogens is 340 g/mol. The number of aliphatic imine (C=N–C) groups is 2. The van der Waals surface area contributed by atoms with E-state index in [1.54, 1.807) is 0 Å². The number of nitrogens with zero attached hydrogens (tertiary/aromatic N) is 2. The summed E-state index contributed by atoms with van der Waals surface area (Å²) in [7, 11) is 0. The van der Waals surface area contributed by atoms with Gasteiger partial charge in [0.15, 0.2) is 0 Å². The standard InChI is InChI=1S/C23H29ClN2/c1-16-10-8-11-17(2)22(16)25-20(5)21(14-6-7-15-24)26-23-18(3)12-9-13-19(23)4/h8-13H,6-7,14-15H2,1-5H3/b25-20+,26-21+. The molecule has 0 unspecified atom stereocenters. The fourth-order valence-corrected chi connectivity index (χ4v) is 3.22. The number of benzene rings is 2. The molecule has 0 N–H and O–H groups in total. The Morgan fingerprint density at radius 2 is 1.23 bits per heavy atom. The molecule has 0 heterocycles. The Balaban J connectivity index is 2.47. The number of hydrogen-bond donors (Lipinski definition) is 0. The van der Waals surface area contributed by atoms with Crippen molar-refractivity contribution >= 4 is 34.4 Å². The van der Waals surface area contributed by atoms with Gasteiger partial charge in [0.25, 0.3) is 0 Å². The summed E-state index contributed by atoms with van der Waals surface area (Å²) < 4.78 is 0. The Morgan fingerprint density at radius 3 is 1.69 bits per heavy atom. The highest BCUT2D eigenvalue weighted by Gasteiger charge is 2.09. The van der Waals surface area contributed by atoms with Crippen molar-refractivity contribution in [2.45, 2.75) is 53.9 Å². The van der Waals surface area contributed by atoms with Crippen LogP contribution in [0.2, 0.25) is 0 Å². The summed E-state index contributed by atoms with van der Waals surface area (Å²) >= 11 is 5.88. The van der Waals surface area contributed by atoms with Gasteiger partial charge in [0.2, 0.25) is 0 Å². The third-order valence-corrected chi connectivity index (χ3v) is 4.89. The lowest BCUT2D eigenvalue weighted by molar-refractivity contribution is 0.843. The van der Waals surface area contributed by atoms with Crippen LogP contribution < -0.4 is 0 Å². The van der Waals surface area contributed by atoms with Gasteiger partial charge in [0.1, 0.15) is 0 Å². The van der Waals surface area contributed by atoms with Gasteiger partial charge in [-0.1, -0.05) is 36.4 Å². The molecular formula is C23H29ClN2. The van der Waals surface area contributed by atoms with Crippen LogP contribution in [0.25, 0.3) is 0 Å². The number of aryl methyl sites for hydroxylation is 4. The third kappa shape index (κ3) is 5.28. The van der Waals surface area contributed by atoms with Crippen LogP contribution in [0.4, 0.5) is 11.4 Å². The van der Waals surface area contributed by atoms with E-state index in [9.17, 15) is 0 Å². The van der Waals surface area contributed by atoms with E-state index in [1.807, 2.05) is 0 Å². The monoisotopic (exact) mass is 368 g/mol. The first kappa shape index (κ1) is 20.4. The Bertz CT molecular complexity index is 778. The Hall–Kier alpha value is -1.93. The zero-order valence-electron chi connectivity index (χ0n) is 16.6. The second-order valence-electron chi connectivity index (χ2n) is 6.88. The Labute approximate surface area is 163 Å². The maximum Gasteiger partial charge on any atom is 0.0692 e. The normalized spacial score (nSPS) is 12.5. The quantitative estimate of drug-likeness (QED) is 0.280. The molecule has 0 atom stereocenters. The molecule has 2 aromatic rings. The number of alkyl halides is 1. The van der Waals surface area contributed by atoms with E-state index >= 15 is 0 Å². The van der Waals surface area contributed by atoms with E-state index in [4.69, 9.17) is 21.6 Å². The van der Waals surface area contributed by atoms with Crippen molar-refractivity contribution in [1.82, 2.24) is 0 Å². The lowest BCUT2D eigenvalue weighted by Crippen LogP contribution is -2.11. The van der Waals surface area contributed by atoms with Gasteiger partial charge in [-0.3, -0.25) is 9.98 Å². The average molecular weight is 369 g/mol. The van der Waals surface area contributed by atoms with Gasteiger partial charge in [-0.25, -0.2) is 0 Å². The molecule has 0 saturated carbocycles. The van der Waals surface area contributed by atoms with Crippen LogP contribution in [0.5, 0.6) is 0 Å². The largest absolute Gasteiger partial charge is 0.251 e. The van der Waals surface area contributed by atoms with Crippen LogP contribution in [0.3, 0.4) is 0 Å². The van der Waals surface area contributed by atoms with Gasteiger partial charge in [0, 0.05) is 5.88 Å². The predicted octanol–water partition coefficient (Wildman–Crippen LogP) is 7.19. The minimum absolute atomic E-state index is 0.684. The number of halogens is 1. The van der Waals surface area contributed by atoms with E-state index < -0.39 is 0 Å². The minimum atomic E-state index is 0.684. The molecule has 0 bridgehead atoms. The second kappa shape index (κ2) is 9.68. The lowest BCUT2D eigenvalue weighted by atomic mass is 10.1. The van der Waals surface area contributed by atoms with E-state index in [2.05, 4.69) is 71.0 Å². The van der Waals surface area contributed by atoms with Gasteiger partial charge >= 0.3 is 0 Å². The van der Waals surface area contributed by atoms with Crippen molar-refractivity contribution in [2.24, 2.45) is 9.98 Å². The molecule has 138 valence electrons. The third-order valence-electron chi connectivity index (χ3n) is 4.62. The number of hydrogen-bond acceptors (Lipinski definition) is 2. The molecule has 0 aromatic heterocycles. The van der Waals surface area contributed by atoms with Crippen LogP contribution >= 0.6 is 11.6 Å². The van der Waals surface area contributed by atoms with Gasteiger partial charge in [-0.05, 0) is 76.1 Å². The zero-order chi connectivity index (χ0) is 19.1. The first-order valence-corrected chi connectivity index (χ1v) is 9.79. The molecule has 2 nitrogen and oxygen atoms in total. The number of unbranched alkanes of at least 4 members (excludes halogenated alkanes) is 1. The highest BCUT2D eigenvalue weighted by atomic mass is 35.5. The van der Waals surface area contributed by atoms with Crippen LogP contribution in [0.15, 0.2) is 46.4 Å². The summed E-state index contributed by atoms with van der Waals surface area (Å²) in [5.74, 6) is 0.684. The summed E-state index contributed by atoms with van der Waals surface area (Å²) in [6.45, 7) is 10.5. The zero-order valence-corrected chi connectivity index (χ0v) is 17.3. The van der Waals surface area contributed by atoms with Crippen molar-refractivity contribution in [1.29, 1.82) is 0 Å². The van der Waals surface area contributed by atoms with Crippen LogP contribution in [-0.4, -0.2) is 17.3 Å². The number of para-hydroxylation sites is 2. The average Bonchev–Trinajstić information content (AvgIpc) is 2.60. The molecule has 2 rings (SSSR count). The van der Waals surface area contributed by atoms with E-state index in [0.29, 0.717) is 5.88 Å². The summed E-state index contributed by atoms with van der Waals surface area (Å²) in [5.41, 5.74) is 8.92. The van der Waals surface area contributed by atoms with E-state index in [-0.39, 0.29) is 0 Å². The molecule has 0 aliphatic carbocycles. The van der Waals surface area contributed by atoms with Crippen molar-refractivity contribution < 1.29 is 0 Å². The molecule has 2 aromatic carbocycles. The van der Waals surface area contributed by atoms with Crippen molar-refractivity contribution in [3.05, 3.63) is 58.7 Å². The Kier molecular flexibility index (Phi) is 7.59. The summed E-state index contributed by atoms with van der Waals surface area (Å²) in [5, 5.41) is 0. The number of rotatable bonds is 7. The first-order chi connectivity index (χ1) is 12.4. The topological polar surface area (TPSA) is 24.7 Å². The van der Waals surface area contributed by atoms with Gasteiger partial charge in [-0.2, -0.15) is 0 Å². The molecule has 3 heteroatoms. The van der Waals surface area contributed by atoms with E-state index in [0.717, 1.165) is 42.1 Å². The van der Waals surface area contributed by atoms with Gasteiger partial charge < -0.3 is 0 Å².